The first-order valence-electron chi connectivity index (χ1n) is 4.62. The maximum Gasteiger partial charge on any atom is 0.0565 e. The van der Waals surface area contributed by atoms with Crippen LogP contribution in [0.1, 0.15) is 18.5 Å². The SMILES string of the molecule is C[C@H](N)c1cccc(-c2cn[nH]c2)c1. The van der Waals surface area contributed by atoms with E-state index in [0.717, 1.165) is 16.7 Å². The number of nitrogens with two attached hydrogens (primary N) is 1. The number of aromatic amines is 1. The minimum absolute atomic E-state index is 0.0712. The zero-order valence-electron chi connectivity index (χ0n) is 8.07. The third-order valence-corrected chi connectivity index (χ3v) is 2.24. The third kappa shape index (κ3) is 1.67. The summed E-state index contributed by atoms with van der Waals surface area (Å²) in [4.78, 5) is 0. The van der Waals surface area contributed by atoms with E-state index in [1.54, 1.807) is 6.20 Å². The molecule has 1 aromatic carbocycles. The van der Waals surface area contributed by atoms with E-state index in [9.17, 15) is 0 Å². The molecule has 3 nitrogen and oxygen atoms in total. The molecule has 0 fully saturated rings. The molecule has 3 N–H and O–H groups in total. The molecule has 0 aliphatic carbocycles. The second-order valence-corrected chi connectivity index (χ2v) is 3.40. The number of benzene rings is 1. The monoisotopic (exact) mass is 187 g/mol. The van der Waals surface area contributed by atoms with Crippen LogP contribution >= 0.6 is 0 Å². The van der Waals surface area contributed by atoms with Gasteiger partial charge < -0.3 is 5.73 Å². The molecule has 0 unspecified atom stereocenters. The summed E-state index contributed by atoms with van der Waals surface area (Å²) in [6.45, 7) is 1.98. The van der Waals surface area contributed by atoms with Crippen molar-refractivity contribution in [3.05, 3.63) is 42.2 Å². The lowest BCUT2D eigenvalue weighted by atomic mass is 10.0. The fourth-order valence-electron chi connectivity index (χ4n) is 1.41. The smallest absolute Gasteiger partial charge is 0.0565 e. The Morgan fingerprint density at radius 3 is 2.86 bits per heavy atom. The summed E-state index contributed by atoms with van der Waals surface area (Å²) in [5.74, 6) is 0. The maximum atomic E-state index is 5.81. The molecule has 2 rings (SSSR count). The Morgan fingerprint density at radius 2 is 2.21 bits per heavy atom. The van der Waals surface area contributed by atoms with E-state index < -0.39 is 0 Å². The molecule has 0 amide bonds. The number of aromatic nitrogens is 2. The molecule has 1 aromatic heterocycles. The highest BCUT2D eigenvalue weighted by Gasteiger charge is 2.02. The molecule has 0 radical (unpaired) electrons. The van der Waals surface area contributed by atoms with E-state index in [0.29, 0.717) is 0 Å². The van der Waals surface area contributed by atoms with Crippen LogP contribution in [0.15, 0.2) is 36.7 Å². The first-order chi connectivity index (χ1) is 6.77. The lowest BCUT2D eigenvalue weighted by Gasteiger charge is -2.06. The number of nitrogens with one attached hydrogen (secondary N) is 1. The average molecular weight is 187 g/mol. The van der Waals surface area contributed by atoms with E-state index in [2.05, 4.69) is 22.3 Å². The van der Waals surface area contributed by atoms with Gasteiger partial charge in [0.25, 0.3) is 0 Å². The van der Waals surface area contributed by atoms with Crippen molar-refractivity contribution in [1.82, 2.24) is 10.2 Å². The molecule has 0 aliphatic heterocycles. The van der Waals surface area contributed by atoms with Crippen LogP contribution < -0.4 is 5.73 Å². The molecular weight excluding hydrogens is 174 g/mol. The predicted octanol–water partition coefficient (Wildman–Crippen LogP) is 2.10. The van der Waals surface area contributed by atoms with Crippen molar-refractivity contribution in [2.75, 3.05) is 0 Å². The van der Waals surface area contributed by atoms with Gasteiger partial charge in [0.1, 0.15) is 0 Å². The molecule has 0 bridgehead atoms. The fourth-order valence-corrected chi connectivity index (χ4v) is 1.41. The molecule has 14 heavy (non-hydrogen) atoms. The lowest BCUT2D eigenvalue weighted by Crippen LogP contribution is -2.04. The van der Waals surface area contributed by atoms with Gasteiger partial charge in [0, 0.05) is 17.8 Å². The molecule has 1 heterocycles. The fraction of sp³-hybridized carbons (Fsp3) is 0.182. The van der Waals surface area contributed by atoms with E-state index in [1.807, 2.05) is 25.3 Å². The minimum atomic E-state index is 0.0712. The summed E-state index contributed by atoms with van der Waals surface area (Å²) in [5.41, 5.74) is 9.19. The Kier molecular flexibility index (Phi) is 2.33. The van der Waals surface area contributed by atoms with Gasteiger partial charge >= 0.3 is 0 Å². The summed E-state index contributed by atoms with van der Waals surface area (Å²) in [6, 6.07) is 8.27. The van der Waals surface area contributed by atoms with Crippen molar-refractivity contribution in [3.63, 3.8) is 0 Å². The summed E-state index contributed by atoms with van der Waals surface area (Å²) in [5, 5.41) is 6.71. The topological polar surface area (TPSA) is 54.7 Å². The van der Waals surface area contributed by atoms with Crippen molar-refractivity contribution in [2.45, 2.75) is 13.0 Å². The third-order valence-electron chi connectivity index (χ3n) is 2.24. The van der Waals surface area contributed by atoms with Crippen molar-refractivity contribution < 1.29 is 0 Å². The van der Waals surface area contributed by atoms with Crippen LogP contribution in [0.4, 0.5) is 0 Å². The highest BCUT2D eigenvalue weighted by Crippen LogP contribution is 2.20. The average Bonchev–Trinajstić information content (AvgIpc) is 2.71. The van der Waals surface area contributed by atoms with Gasteiger partial charge in [-0.25, -0.2) is 0 Å². The van der Waals surface area contributed by atoms with Crippen molar-refractivity contribution in [2.24, 2.45) is 5.73 Å². The van der Waals surface area contributed by atoms with E-state index in [1.165, 1.54) is 0 Å². The Morgan fingerprint density at radius 1 is 1.36 bits per heavy atom. The zero-order valence-corrected chi connectivity index (χ0v) is 8.07. The second kappa shape index (κ2) is 3.64. The summed E-state index contributed by atoms with van der Waals surface area (Å²) >= 11 is 0. The van der Waals surface area contributed by atoms with Crippen LogP contribution in [0, 0.1) is 0 Å². The van der Waals surface area contributed by atoms with Crippen LogP contribution in [0.2, 0.25) is 0 Å². The number of rotatable bonds is 2. The van der Waals surface area contributed by atoms with Crippen LogP contribution in [0.5, 0.6) is 0 Å². The van der Waals surface area contributed by atoms with Gasteiger partial charge in [-0.05, 0) is 24.1 Å². The quantitative estimate of drug-likeness (QED) is 0.756. The number of nitrogens with zero attached hydrogens (tertiary/aromatic N) is 1. The number of H-pyrrole nitrogens is 1. The van der Waals surface area contributed by atoms with Gasteiger partial charge in [-0.15, -0.1) is 0 Å². The van der Waals surface area contributed by atoms with Crippen LogP contribution in [0.3, 0.4) is 0 Å². The molecule has 72 valence electrons. The number of hydrogen-bond donors (Lipinski definition) is 2. The first kappa shape index (κ1) is 8.97. The van der Waals surface area contributed by atoms with Crippen molar-refractivity contribution in [1.29, 1.82) is 0 Å². The van der Waals surface area contributed by atoms with Gasteiger partial charge in [0.15, 0.2) is 0 Å². The normalized spacial score (nSPS) is 12.7. The largest absolute Gasteiger partial charge is 0.324 e. The zero-order chi connectivity index (χ0) is 9.97. The molecule has 3 heteroatoms. The highest BCUT2D eigenvalue weighted by atomic mass is 15.1. The van der Waals surface area contributed by atoms with Crippen LogP contribution in [-0.4, -0.2) is 10.2 Å². The number of hydrogen-bond acceptors (Lipinski definition) is 2. The molecule has 0 saturated carbocycles. The minimum Gasteiger partial charge on any atom is -0.324 e. The van der Waals surface area contributed by atoms with Gasteiger partial charge in [-0.2, -0.15) is 5.10 Å². The predicted molar refractivity (Wildman–Crippen MR) is 56.6 cm³/mol. The molecule has 0 aliphatic rings. The Hall–Kier alpha value is -1.61. The first-order valence-corrected chi connectivity index (χ1v) is 4.62. The molecule has 0 spiro atoms. The van der Waals surface area contributed by atoms with Crippen LogP contribution in [-0.2, 0) is 0 Å². The van der Waals surface area contributed by atoms with E-state index >= 15 is 0 Å². The van der Waals surface area contributed by atoms with E-state index in [-0.39, 0.29) is 6.04 Å². The van der Waals surface area contributed by atoms with Crippen molar-refractivity contribution in [3.8, 4) is 11.1 Å². The van der Waals surface area contributed by atoms with Crippen molar-refractivity contribution >= 4 is 0 Å². The van der Waals surface area contributed by atoms with E-state index in [4.69, 9.17) is 5.73 Å². The van der Waals surface area contributed by atoms with Gasteiger partial charge in [0.05, 0.1) is 6.20 Å². The Labute approximate surface area is 83.0 Å². The maximum absolute atomic E-state index is 5.81. The molecule has 0 saturated heterocycles. The summed E-state index contributed by atoms with van der Waals surface area (Å²) in [6.07, 6.45) is 3.68. The van der Waals surface area contributed by atoms with Gasteiger partial charge in [-0.1, -0.05) is 18.2 Å². The molecular formula is C11H13N3. The van der Waals surface area contributed by atoms with Gasteiger partial charge in [-0.3, -0.25) is 5.10 Å². The second-order valence-electron chi connectivity index (χ2n) is 3.40. The standard InChI is InChI=1S/C11H13N3/c1-8(12)9-3-2-4-10(5-9)11-6-13-14-7-11/h2-8H,12H2,1H3,(H,13,14)/t8-/m0/s1. The Balaban J connectivity index is 2.41. The Bertz CT molecular complexity index is 404. The lowest BCUT2D eigenvalue weighted by molar-refractivity contribution is 0.819. The molecule has 1 atom stereocenters. The summed E-state index contributed by atoms with van der Waals surface area (Å²) in [7, 11) is 0. The van der Waals surface area contributed by atoms with Gasteiger partial charge in [0.2, 0.25) is 0 Å². The van der Waals surface area contributed by atoms with Crippen LogP contribution in [0.25, 0.3) is 11.1 Å². The summed E-state index contributed by atoms with van der Waals surface area (Å²) < 4.78 is 0. The highest BCUT2D eigenvalue weighted by molar-refractivity contribution is 5.62. The molecule has 2 aromatic rings.